The smallest absolute Gasteiger partial charge is 0.338 e. The lowest BCUT2D eigenvalue weighted by Gasteiger charge is -2.43. The van der Waals surface area contributed by atoms with E-state index < -0.39 is 29.6 Å². The van der Waals surface area contributed by atoms with Crippen molar-refractivity contribution in [3.63, 3.8) is 0 Å². The van der Waals surface area contributed by atoms with Gasteiger partial charge >= 0.3 is 5.97 Å². The topological polar surface area (TPSA) is 56.8 Å². The highest BCUT2D eigenvalue weighted by Gasteiger charge is 2.47. The van der Waals surface area contributed by atoms with Crippen LogP contribution in [-0.4, -0.2) is 17.7 Å². The minimum atomic E-state index is -0.886. The lowest BCUT2D eigenvalue weighted by atomic mass is 9.87. The van der Waals surface area contributed by atoms with E-state index in [1.807, 2.05) is 80.6 Å². The molecule has 6 heteroatoms. The first-order chi connectivity index (χ1) is 18.4. The number of hydrogen-bond acceptors (Lipinski definition) is 5. The number of carbonyl (C=O) groups excluding carboxylic acids is 1. The van der Waals surface area contributed by atoms with E-state index in [1.54, 1.807) is 0 Å². The van der Waals surface area contributed by atoms with Crippen molar-refractivity contribution in [1.82, 2.24) is 0 Å². The summed E-state index contributed by atoms with van der Waals surface area (Å²) in [4.78, 5) is 13.1. The second-order valence-electron chi connectivity index (χ2n) is 9.85. The molecule has 5 nitrogen and oxygen atoms in total. The third kappa shape index (κ3) is 5.87. The summed E-state index contributed by atoms with van der Waals surface area (Å²) in [6.45, 7) is 4.73. The fraction of sp³-hybridized carbons (Fsp3) is 0.219. The minimum absolute atomic E-state index is 0.257. The first-order valence-electron chi connectivity index (χ1n) is 12.6. The van der Waals surface area contributed by atoms with Crippen LogP contribution in [0.25, 0.3) is 0 Å². The Kier molecular flexibility index (Phi) is 7.43. The third-order valence-corrected chi connectivity index (χ3v) is 6.58. The first-order valence-corrected chi connectivity index (χ1v) is 12.6. The van der Waals surface area contributed by atoms with E-state index >= 15 is 0 Å². The second-order valence-corrected chi connectivity index (χ2v) is 9.85. The predicted molar refractivity (Wildman–Crippen MR) is 144 cm³/mol. The molecule has 1 aliphatic heterocycles. The summed E-state index contributed by atoms with van der Waals surface area (Å²) in [5.74, 6) is -0.314. The molecular weight excluding hydrogens is 481 g/mol. The summed E-state index contributed by atoms with van der Waals surface area (Å²) in [7, 11) is 0. The molecule has 0 saturated carbocycles. The Bertz CT molecular complexity index is 1370. The van der Waals surface area contributed by atoms with Gasteiger partial charge in [0.25, 0.3) is 0 Å². The Balaban J connectivity index is 1.45. The molecule has 5 rings (SSSR count). The zero-order valence-corrected chi connectivity index (χ0v) is 21.4. The van der Waals surface area contributed by atoms with Crippen LogP contribution in [0.15, 0.2) is 103 Å². The molecule has 1 aliphatic rings. The van der Waals surface area contributed by atoms with Crippen LogP contribution in [0.1, 0.15) is 47.0 Å². The van der Waals surface area contributed by atoms with Crippen LogP contribution in [0.4, 0.5) is 10.1 Å². The highest BCUT2D eigenvalue weighted by atomic mass is 19.1. The molecule has 2 atom stereocenters. The zero-order chi connectivity index (χ0) is 26.5. The van der Waals surface area contributed by atoms with E-state index in [2.05, 4.69) is 17.4 Å². The maximum Gasteiger partial charge on any atom is 0.338 e. The summed E-state index contributed by atoms with van der Waals surface area (Å²) in [6.07, 6.45) is -1.36. The number of carbonyl (C=O) groups is 1. The zero-order valence-electron chi connectivity index (χ0n) is 21.4. The van der Waals surface area contributed by atoms with Crippen LogP contribution in [-0.2, 0) is 22.6 Å². The van der Waals surface area contributed by atoms with Crippen molar-refractivity contribution in [3.8, 4) is 5.75 Å². The van der Waals surface area contributed by atoms with Crippen molar-refractivity contribution in [3.05, 3.63) is 131 Å². The number of benzene rings is 4. The summed E-state index contributed by atoms with van der Waals surface area (Å²) in [6, 6.07) is 31.1. The Labute approximate surface area is 222 Å². The fourth-order valence-electron chi connectivity index (χ4n) is 4.55. The van der Waals surface area contributed by atoms with Crippen LogP contribution in [0, 0.1) is 5.82 Å². The molecule has 1 N–H and O–H groups in total. The molecule has 4 aromatic rings. The molecular formula is C32H30FNO4. The summed E-state index contributed by atoms with van der Waals surface area (Å²) in [5.41, 5.74) is 3.21. The molecule has 1 heterocycles. The SMILES string of the molecule is CC1(C)Oc2ccc(NCc3ccccc3)cc2C(OCc2ccccc2)C1OC(=O)c1ccc(F)cc1. The summed E-state index contributed by atoms with van der Waals surface area (Å²) >= 11 is 0. The van der Waals surface area contributed by atoms with Gasteiger partial charge in [-0.25, -0.2) is 9.18 Å². The van der Waals surface area contributed by atoms with Crippen LogP contribution in [0.2, 0.25) is 0 Å². The first kappa shape index (κ1) is 25.5. The highest BCUT2D eigenvalue weighted by molar-refractivity contribution is 5.89. The standard InChI is InChI=1S/C32H30FNO4/c1-32(2)30(37-31(35)24-13-15-25(33)16-14-24)29(36-21-23-11-7-4-8-12-23)27-19-26(17-18-28(27)38-32)34-20-22-9-5-3-6-10-22/h3-19,29-30,34H,20-21H2,1-2H3. The predicted octanol–water partition coefficient (Wildman–Crippen LogP) is 7.09. The van der Waals surface area contributed by atoms with Crippen molar-refractivity contribution >= 4 is 11.7 Å². The van der Waals surface area contributed by atoms with Crippen molar-refractivity contribution in [1.29, 1.82) is 0 Å². The van der Waals surface area contributed by atoms with Crippen molar-refractivity contribution in [2.75, 3.05) is 5.32 Å². The van der Waals surface area contributed by atoms with E-state index in [0.717, 1.165) is 22.4 Å². The van der Waals surface area contributed by atoms with Gasteiger partial charge in [-0.2, -0.15) is 0 Å². The van der Waals surface area contributed by atoms with Gasteiger partial charge in [-0.3, -0.25) is 0 Å². The third-order valence-electron chi connectivity index (χ3n) is 6.58. The lowest BCUT2D eigenvalue weighted by Crippen LogP contribution is -2.51. The lowest BCUT2D eigenvalue weighted by molar-refractivity contribution is -0.143. The van der Waals surface area contributed by atoms with Gasteiger partial charge in [0.15, 0.2) is 6.10 Å². The number of ether oxygens (including phenoxy) is 3. The van der Waals surface area contributed by atoms with E-state index in [-0.39, 0.29) is 5.56 Å². The largest absolute Gasteiger partial charge is 0.483 e. The Morgan fingerprint density at radius 3 is 2.24 bits per heavy atom. The molecule has 0 bridgehead atoms. The highest BCUT2D eigenvalue weighted by Crippen LogP contribution is 2.45. The maximum absolute atomic E-state index is 13.4. The van der Waals surface area contributed by atoms with E-state index in [0.29, 0.717) is 18.9 Å². The summed E-state index contributed by atoms with van der Waals surface area (Å²) < 4.78 is 32.3. The normalized spacial score (nSPS) is 17.7. The average molecular weight is 512 g/mol. The van der Waals surface area contributed by atoms with Crippen molar-refractivity contribution < 1.29 is 23.4 Å². The maximum atomic E-state index is 13.4. The number of hydrogen-bond donors (Lipinski definition) is 1. The van der Waals surface area contributed by atoms with Crippen molar-refractivity contribution in [2.45, 2.75) is 44.8 Å². The van der Waals surface area contributed by atoms with Gasteiger partial charge in [0, 0.05) is 17.8 Å². The number of fused-ring (bicyclic) bond motifs is 1. The van der Waals surface area contributed by atoms with Gasteiger partial charge in [-0.1, -0.05) is 60.7 Å². The molecule has 0 spiro atoms. The van der Waals surface area contributed by atoms with Gasteiger partial charge < -0.3 is 19.5 Å². The monoisotopic (exact) mass is 511 g/mol. The van der Waals surface area contributed by atoms with Gasteiger partial charge in [0.2, 0.25) is 0 Å². The number of anilines is 1. The van der Waals surface area contributed by atoms with E-state index in [4.69, 9.17) is 14.2 Å². The molecule has 0 aliphatic carbocycles. The minimum Gasteiger partial charge on any atom is -0.483 e. The van der Waals surface area contributed by atoms with Gasteiger partial charge in [0.05, 0.1) is 12.2 Å². The molecule has 194 valence electrons. The number of rotatable bonds is 8. The van der Waals surface area contributed by atoms with Crippen LogP contribution < -0.4 is 10.1 Å². The Morgan fingerprint density at radius 2 is 1.55 bits per heavy atom. The molecule has 0 fully saturated rings. The molecule has 0 amide bonds. The Hall–Kier alpha value is -4.16. The molecule has 0 saturated heterocycles. The molecule has 0 radical (unpaired) electrons. The number of nitrogens with one attached hydrogen (secondary N) is 1. The second kappa shape index (κ2) is 11.1. The summed E-state index contributed by atoms with van der Waals surface area (Å²) in [5, 5.41) is 3.46. The molecule has 38 heavy (non-hydrogen) atoms. The van der Waals surface area contributed by atoms with E-state index in [9.17, 15) is 9.18 Å². The van der Waals surface area contributed by atoms with E-state index in [1.165, 1.54) is 24.3 Å². The van der Waals surface area contributed by atoms with Gasteiger partial charge in [-0.15, -0.1) is 0 Å². The molecule has 4 aromatic carbocycles. The van der Waals surface area contributed by atoms with Crippen LogP contribution >= 0.6 is 0 Å². The van der Waals surface area contributed by atoms with Crippen molar-refractivity contribution in [2.24, 2.45) is 0 Å². The van der Waals surface area contributed by atoms with Gasteiger partial charge in [-0.05, 0) is 67.4 Å². The van der Waals surface area contributed by atoms with Crippen LogP contribution in [0.5, 0.6) is 5.75 Å². The molecule has 2 unspecified atom stereocenters. The number of halogens is 1. The average Bonchev–Trinajstić information content (AvgIpc) is 2.93. The number of esters is 1. The quantitative estimate of drug-likeness (QED) is 0.256. The molecule has 0 aromatic heterocycles. The fourth-order valence-corrected chi connectivity index (χ4v) is 4.55. The Morgan fingerprint density at radius 1 is 0.895 bits per heavy atom. The van der Waals surface area contributed by atoms with Gasteiger partial charge in [0.1, 0.15) is 23.3 Å². The van der Waals surface area contributed by atoms with Crippen LogP contribution in [0.3, 0.4) is 0 Å².